The van der Waals surface area contributed by atoms with E-state index < -0.39 is 33.3 Å². The average molecular weight is 1000 g/mol. The van der Waals surface area contributed by atoms with Crippen LogP contribution < -0.4 is 0 Å². The summed E-state index contributed by atoms with van der Waals surface area (Å²) < 4.78 is 114. The van der Waals surface area contributed by atoms with E-state index in [4.69, 9.17) is 20.9 Å². The van der Waals surface area contributed by atoms with Crippen molar-refractivity contribution >= 4 is 43.5 Å². The maximum absolute atomic E-state index is 9.34. The van der Waals surface area contributed by atoms with Crippen LogP contribution in [-0.4, -0.2) is 9.97 Å². The molecule has 62 heavy (non-hydrogen) atoms. The van der Waals surface area contributed by atoms with Crippen molar-refractivity contribution in [2.24, 2.45) is 5.41 Å². The van der Waals surface area contributed by atoms with Crippen molar-refractivity contribution in [2.75, 3.05) is 0 Å². The number of rotatable bonds is 4. The summed E-state index contributed by atoms with van der Waals surface area (Å²) in [5, 5.41) is 4.65. The minimum atomic E-state index is -2.65. The zero-order chi connectivity index (χ0) is 53.6. The Labute approximate surface area is 399 Å². The van der Waals surface area contributed by atoms with Gasteiger partial charge in [-0.25, -0.2) is 0 Å². The molecule has 3 aromatic heterocycles. The standard InChI is InChI=1S/C42H38NO.C16H18N.Ir/c1-25-10-15-34(40-38(25)35-17-13-30-12-11-29-8-6-7-9-33(29)39(30)41(35)44-40)37-23-36(27(3)24-43-37)32-16-14-31(22-26(32)2)28-18-20-42(4,5)21-19-28;1-12-5-7-13(8-6-12)15-10-9-14(11-17-15)16(2,3)4;/h6-14,16-17,22-24,28H,18-21H2,1-5H3;5-7,9-11H,1-4H3;/q2*-1;/i1D3,2D3,3D3,28D;1D3;. The number of benzene rings is 6. The van der Waals surface area contributed by atoms with Gasteiger partial charge in [-0.2, -0.15) is 0 Å². The van der Waals surface area contributed by atoms with Crippen LogP contribution in [0, 0.1) is 45.0 Å². The van der Waals surface area contributed by atoms with Gasteiger partial charge in [0.15, 0.2) is 0 Å². The molecule has 1 aliphatic rings. The largest absolute Gasteiger partial charge is 0.500 e. The van der Waals surface area contributed by atoms with E-state index in [1.807, 2.05) is 66.9 Å². The topological polar surface area (TPSA) is 38.9 Å². The number of nitrogens with zero attached hydrogens (tertiary/aromatic N) is 2. The van der Waals surface area contributed by atoms with Gasteiger partial charge < -0.3 is 14.4 Å². The molecule has 1 saturated carbocycles. The van der Waals surface area contributed by atoms with Crippen LogP contribution in [0.25, 0.3) is 77.1 Å². The normalized spacial score (nSPS) is 18.6. The maximum atomic E-state index is 9.34. The smallest absolute Gasteiger partial charge is 0.129 e. The molecule has 0 bridgehead atoms. The minimum absolute atomic E-state index is 0. The summed E-state index contributed by atoms with van der Waals surface area (Å²) in [6.07, 6.45) is 5.92. The van der Waals surface area contributed by atoms with Gasteiger partial charge in [0.2, 0.25) is 0 Å². The second kappa shape index (κ2) is 17.0. The molecule has 9 aromatic rings. The van der Waals surface area contributed by atoms with Crippen LogP contribution in [0.4, 0.5) is 0 Å². The van der Waals surface area contributed by atoms with Gasteiger partial charge in [0.1, 0.15) is 5.58 Å². The molecule has 315 valence electrons. The summed E-state index contributed by atoms with van der Waals surface area (Å²) >= 11 is 0. The molecular formula is C58H56IrN2O-2. The Bertz CT molecular complexity index is 3520. The predicted molar refractivity (Wildman–Crippen MR) is 257 cm³/mol. The van der Waals surface area contributed by atoms with Crippen LogP contribution >= 0.6 is 0 Å². The first kappa shape index (κ1) is 29.8. The van der Waals surface area contributed by atoms with Crippen LogP contribution in [0.15, 0.2) is 126 Å². The number of pyridine rings is 2. The van der Waals surface area contributed by atoms with Gasteiger partial charge in [0.05, 0.1) is 5.58 Å². The number of aromatic nitrogens is 2. The fraction of sp³-hybridized carbons (Fsp3) is 0.276. The molecule has 0 aliphatic heterocycles. The number of aryl methyl sites for hydroxylation is 4. The van der Waals surface area contributed by atoms with Crippen LogP contribution in [-0.2, 0) is 25.5 Å². The Morgan fingerprint density at radius 1 is 0.677 bits per heavy atom. The molecule has 1 aliphatic carbocycles. The van der Waals surface area contributed by atoms with Crippen molar-refractivity contribution in [1.29, 1.82) is 0 Å². The zero-order valence-corrected chi connectivity index (χ0v) is 37.9. The Balaban J connectivity index is 0.000000299. The van der Waals surface area contributed by atoms with Gasteiger partial charge in [-0.05, 0) is 117 Å². The molecule has 10 rings (SSSR count). The van der Waals surface area contributed by atoms with Crippen molar-refractivity contribution < 1.29 is 42.3 Å². The Hall–Kier alpha value is -5.41. The molecule has 3 heterocycles. The molecule has 1 fully saturated rings. The fourth-order valence-electron chi connectivity index (χ4n) is 8.47. The molecule has 0 N–H and O–H groups in total. The number of furan rings is 1. The van der Waals surface area contributed by atoms with Gasteiger partial charge in [0.25, 0.3) is 0 Å². The maximum Gasteiger partial charge on any atom is 0.129 e. The van der Waals surface area contributed by atoms with E-state index in [1.165, 1.54) is 30.0 Å². The third-order valence-corrected chi connectivity index (χ3v) is 12.2. The SMILES string of the molecule is [2H]C([2H])([2H])c1c[c-]c(-c2ccc(C(C)(C)C)cn2)cc1.[2H]C([2H])([2H])c1cnc(-c2[c-]cc(C([2H])([2H])[2H])c3c2oc2c3ccc3ccc4ccccc4c32)cc1-c1ccc(C2([2H])CCC(C)(C)CC2)cc1C([2H])([2H])[2H].[Ir]. The number of hydrogen-bond acceptors (Lipinski definition) is 3. The van der Waals surface area contributed by atoms with Gasteiger partial charge in [-0.1, -0.05) is 144 Å². The van der Waals surface area contributed by atoms with E-state index in [0.717, 1.165) is 45.6 Å². The summed E-state index contributed by atoms with van der Waals surface area (Å²) in [5.74, 6) is -0.966. The van der Waals surface area contributed by atoms with Crippen LogP contribution in [0.1, 0.15) is 117 Å². The van der Waals surface area contributed by atoms with Gasteiger partial charge in [0, 0.05) is 61.1 Å². The Kier molecular flexibility index (Phi) is 8.19. The van der Waals surface area contributed by atoms with E-state index in [-0.39, 0.29) is 70.0 Å². The fourth-order valence-corrected chi connectivity index (χ4v) is 8.47. The summed E-state index contributed by atoms with van der Waals surface area (Å²) in [6, 6.07) is 38.5. The molecule has 0 amide bonds. The molecule has 6 aromatic carbocycles. The van der Waals surface area contributed by atoms with E-state index >= 15 is 0 Å². The van der Waals surface area contributed by atoms with Crippen molar-refractivity contribution in [2.45, 2.75) is 99.0 Å². The molecule has 0 unspecified atom stereocenters. The second-order valence-corrected chi connectivity index (χ2v) is 18.0. The molecule has 4 heteroatoms. The summed E-state index contributed by atoms with van der Waals surface area (Å²) in [4.78, 5) is 9.01. The van der Waals surface area contributed by atoms with Crippen molar-refractivity contribution in [3.8, 4) is 33.6 Å². The Morgan fingerprint density at radius 2 is 1.45 bits per heavy atom. The molecule has 0 saturated heterocycles. The van der Waals surface area contributed by atoms with Gasteiger partial charge in [-0.15, -0.1) is 53.1 Å². The third-order valence-electron chi connectivity index (χ3n) is 12.2. The molecule has 1 radical (unpaired) electrons. The quantitative estimate of drug-likeness (QED) is 0.130. The van der Waals surface area contributed by atoms with E-state index in [2.05, 4.69) is 56.7 Å². The third kappa shape index (κ3) is 8.40. The van der Waals surface area contributed by atoms with Crippen molar-refractivity contribution in [3.05, 3.63) is 167 Å². The molecule has 0 atom stereocenters. The van der Waals surface area contributed by atoms with Gasteiger partial charge >= 0.3 is 0 Å². The van der Waals surface area contributed by atoms with Crippen molar-refractivity contribution in [3.63, 3.8) is 0 Å². The summed E-state index contributed by atoms with van der Waals surface area (Å²) in [6.45, 7) is 0.897. The summed E-state index contributed by atoms with van der Waals surface area (Å²) in [5.41, 5.74) is 5.32. The first-order valence-corrected chi connectivity index (χ1v) is 20.8. The monoisotopic (exact) mass is 1000 g/mol. The first-order chi connectivity index (χ1) is 34.4. The molecular weight excluding hydrogens is 933 g/mol. The predicted octanol–water partition coefficient (Wildman–Crippen LogP) is 16.2. The molecule has 3 nitrogen and oxygen atoms in total. The van der Waals surface area contributed by atoms with Gasteiger partial charge in [-0.3, -0.25) is 0 Å². The van der Waals surface area contributed by atoms with Crippen molar-refractivity contribution in [1.82, 2.24) is 9.97 Å². The zero-order valence-electron chi connectivity index (χ0n) is 48.5. The Morgan fingerprint density at radius 3 is 2.18 bits per heavy atom. The summed E-state index contributed by atoms with van der Waals surface area (Å²) in [7, 11) is 0. The second-order valence-electron chi connectivity index (χ2n) is 18.0. The van der Waals surface area contributed by atoms with E-state index in [0.29, 0.717) is 45.9 Å². The van der Waals surface area contributed by atoms with Crippen LogP contribution in [0.5, 0.6) is 0 Å². The first-order valence-electron chi connectivity index (χ1n) is 27.3. The van der Waals surface area contributed by atoms with E-state index in [9.17, 15) is 1.37 Å². The minimum Gasteiger partial charge on any atom is -0.500 e. The number of fused-ring (bicyclic) bond motifs is 7. The van der Waals surface area contributed by atoms with Crippen LogP contribution in [0.3, 0.4) is 0 Å². The van der Waals surface area contributed by atoms with Crippen LogP contribution in [0.2, 0.25) is 0 Å². The van der Waals surface area contributed by atoms with E-state index in [1.54, 1.807) is 30.3 Å². The molecule has 0 spiro atoms. The average Bonchev–Trinajstić information content (AvgIpc) is 3.73. The number of hydrogen-bond donors (Lipinski definition) is 0.